The zero-order valence-electron chi connectivity index (χ0n) is 14.5. The molecule has 1 saturated heterocycles. The van der Waals surface area contributed by atoms with Crippen molar-refractivity contribution < 1.29 is 4.74 Å². The van der Waals surface area contributed by atoms with E-state index in [4.69, 9.17) is 9.72 Å². The Bertz CT molecular complexity index is 780. The number of hydrogen-bond acceptors (Lipinski definition) is 5. The quantitative estimate of drug-likeness (QED) is 0.607. The summed E-state index contributed by atoms with van der Waals surface area (Å²) in [6.07, 6.45) is 4.61. The van der Waals surface area contributed by atoms with Crippen LogP contribution in [-0.4, -0.2) is 53.1 Å². The molecule has 134 valence electrons. The van der Waals surface area contributed by atoms with E-state index >= 15 is 0 Å². The SMILES string of the molecule is O=c1c2ccccc2nc(SCCN2CCOCC2)n1C1CCCC1. The zero-order chi connectivity index (χ0) is 17.1. The van der Waals surface area contributed by atoms with E-state index in [2.05, 4.69) is 4.90 Å². The third kappa shape index (κ3) is 3.76. The fourth-order valence-electron chi connectivity index (χ4n) is 3.80. The Morgan fingerprint density at radius 2 is 1.92 bits per heavy atom. The lowest BCUT2D eigenvalue weighted by Crippen LogP contribution is -2.37. The van der Waals surface area contributed by atoms with Crippen molar-refractivity contribution in [2.75, 3.05) is 38.6 Å². The minimum atomic E-state index is 0.131. The van der Waals surface area contributed by atoms with Gasteiger partial charge in [0.15, 0.2) is 5.16 Å². The topological polar surface area (TPSA) is 47.4 Å². The van der Waals surface area contributed by atoms with Crippen molar-refractivity contribution in [3.8, 4) is 0 Å². The highest BCUT2D eigenvalue weighted by Crippen LogP contribution is 2.32. The molecule has 0 unspecified atom stereocenters. The minimum absolute atomic E-state index is 0.131. The largest absolute Gasteiger partial charge is 0.379 e. The second-order valence-corrected chi connectivity index (χ2v) is 7.89. The fourth-order valence-corrected chi connectivity index (χ4v) is 4.87. The van der Waals surface area contributed by atoms with E-state index in [1.54, 1.807) is 11.8 Å². The number of para-hydroxylation sites is 1. The number of morpholine rings is 1. The van der Waals surface area contributed by atoms with Crippen molar-refractivity contribution >= 4 is 22.7 Å². The molecule has 0 spiro atoms. The van der Waals surface area contributed by atoms with E-state index < -0.39 is 0 Å². The molecule has 1 aromatic heterocycles. The molecule has 6 heteroatoms. The van der Waals surface area contributed by atoms with Crippen molar-refractivity contribution in [3.63, 3.8) is 0 Å². The second kappa shape index (κ2) is 7.89. The summed E-state index contributed by atoms with van der Waals surface area (Å²) in [7, 11) is 0. The number of thioether (sulfide) groups is 1. The Balaban J connectivity index is 1.59. The van der Waals surface area contributed by atoms with Crippen molar-refractivity contribution in [1.82, 2.24) is 14.5 Å². The maximum Gasteiger partial charge on any atom is 0.262 e. The number of ether oxygens (including phenoxy) is 1. The number of aromatic nitrogens is 2. The monoisotopic (exact) mass is 359 g/mol. The van der Waals surface area contributed by atoms with Crippen LogP contribution in [0.4, 0.5) is 0 Å². The van der Waals surface area contributed by atoms with Gasteiger partial charge in [-0.1, -0.05) is 36.7 Å². The molecular formula is C19H25N3O2S. The van der Waals surface area contributed by atoms with E-state index in [0.29, 0.717) is 6.04 Å². The van der Waals surface area contributed by atoms with Gasteiger partial charge >= 0.3 is 0 Å². The smallest absolute Gasteiger partial charge is 0.262 e. The molecule has 0 N–H and O–H groups in total. The van der Waals surface area contributed by atoms with Crippen LogP contribution in [0.3, 0.4) is 0 Å². The molecule has 4 rings (SSSR count). The van der Waals surface area contributed by atoms with Crippen molar-refractivity contribution in [1.29, 1.82) is 0 Å². The molecule has 1 aliphatic heterocycles. The van der Waals surface area contributed by atoms with Crippen LogP contribution in [0, 0.1) is 0 Å². The minimum Gasteiger partial charge on any atom is -0.379 e. The van der Waals surface area contributed by atoms with Crippen LogP contribution in [0.15, 0.2) is 34.2 Å². The molecular weight excluding hydrogens is 334 g/mol. The van der Waals surface area contributed by atoms with E-state index in [9.17, 15) is 4.79 Å². The Morgan fingerprint density at radius 3 is 2.72 bits per heavy atom. The van der Waals surface area contributed by atoms with Crippen LogP contribution in [0.5, 0.6) is 0 Å². The van der Waals surface area contributed by atoms with Gasteiger partial charge < -0.3 is 4.74 Å². The predicted molar refractivity (Wildman–Crippen MR) is 101 cm³/mol. The van der Waals surface area contributed by atoms with Gasteiger partial charge in [-0.3, -0.25) is 14.3 Å². The molecule has 1 saturated carbocycles. The zero-order valence-corrected chi connectivity index (χ0v) is 15.3. The first-order valence-electron chi connectivity index (χ1n) is 9.27. The summed E-state index contributed by atoms with van der Waals surface area (Å²) >= 11 is 1.73. The van der Waals surface area contributed by atoms with E-state index in [0.717, 1.165) is 67.5 Å². The van der Waals surface area contributed by atoms with Gasteiger partial charge in [0.1, 0.15) is 0 Å². The molecule has 2 heterocycles. The Labute approximate surface area is 152 Å². The molecule has 2 aromatic rings. The normalized spacial score (nSPS) is 19.7. The highest BCUT2D eigenvalue weighted by atomic mass is 32.2. The van der Waals surface area contributed by atoms with Crippen LogP contribution >= 0.6 is 11.8 Å². The predicted octanol–water partition coefficient (Wildman–Crippen LogP) is 2.94. The molecule has 0 atom stereocenters. The summed E-state index contributed by atoms with van der Waals surface area (Å²) in [5.41, 5.74) is 0.946. The van der Waals surface area contributed by atoms with Crippen LogP contribution < -0.4 is 5.56 Å². The van der Waals surface area contributed by atoms with Gasteiger partial charge in [-0.15, -0.1) is 0 Å². The first-order valence-corrected chi connectivity index (χ1v) is 10.3. The summed E-state index contributed by atoms with van der Waals surface area (Å²) in [6.45, 7) is 4.67. The number of benzene rings is 1. The van der Waals surface area contributed by atoms with Gasteiger partial charge in [-0.2, -0.15) is 0 Å². The lowest BCUT2D eigenvalue weighted by Gasteiger charge is -2.26. The third-order valence-electron chi connectivity index (χ3n) is 5.21. The maximum absolute atomic E-state index is 13.1. The van der Waals surface area contributed by atoms with Crippen LogP contribution in [0.1, 0.15) is 31.7 Å². The van der Waals surface area contributed by atoms with Crippen LogP contribution in [-0.2, 0) is 4.74 Å². The molecule has 0 bridgehead atoms. The molecule has 5 nitrogen and oxygen atoms in total. The molecule has 1 aromatic carbocycles. The molecule has 0 radical (unpaired) electrons. The van der Waals surface area contributed by atoms with E-state index in [-0.39, 0.29) is 5.56 Å². The highest BCUT2D eigenvalue weighted by molar-refractivity contribution is 7.99. The van der Waals surface area contributed by atoms with Gasteiger partial charge in [0.2, 0.25) is 0 Å². The number of nitrogens with zero attached hydrogens (tertiary/aromatic N) is 3. The van der Waals surface area contributed by atoms with E-state index in [1.165, 1.54) is 12.8 Å². The Morgan fingerprint density at radius 1 is 1.16 bits per heavy atom. The van der Waals surface area contributed by atoms with E-state index in [1.807, 2.05) is 28.8 Å². The number of hydrogen-bond donors (Lipinski definition) is 0. The van der Waals surface area contributed by atoms with Crippen LogP contribution in [0.2, 0.25) is 0 Å². The molecule has 0 amide bonds. The molecule has 1 aliphatic carbocycles. The third-order valence-corrected chi connectivity index (χ3v) is 6.14. The summed E-state index contributed by atoms with van der Waals surface area (Å²) in [4.78, 5) is 20.4. The maximum atomic E-state index is 13.1. The average Bonchev–Trinajstić information content (AvgIpc) is 3.17. The average molecular weight is 359 g/mol. The summed E-state index contributed by atoms with van der Waals surface area (Å²) < 4.78 is 7.39. The molecule has 25 heavy (non-hydrogen) atoms. The summed E-state index contributed by atoms with van der Waals surface area (Å²) in [6, 6.07) is 8.04. The van der Waals surface area contributed by atoms with Gasteiger partial charge in [-0.05, 0) is 25.0 Å². The highest BCUT2D eigenvalue weighted by Gasteiger charge is 2.23. The lowest BCUT2D eigenvalue weighted by molar-refractivity contribution is 0.0410. The second-order valence-electron chi connectivity index (χ2n) is 6.83. The van der Waals surface area contributed by atoms with Crippen molar-refractivity contribution in [3.05, 3.63) is 34.6 Å². The first kappa shape index (κ1) is 17.1. The van der Waals surface area contributed by atoms with Gasteiger partial charge in [0.25, 0.3) is 5.56 Å². The van der Waals surface area contributed by atoms with Crippen molar-refractivity contribution in [2.24, 2.45) is 0 Å². The fraction of sp³-hybridized carbons (Fsp3) is 0.579. The lowest BCUT2D eigenvalue weighted by atomic mass is 10.2. The standard InChI is InChI=1S/C19H25N3O2S/c23-18-16-7-3-4-8-17(16)20-19(22(18)15-5-1-2-6-15)25-14-11-21-9-12-24-13-10-21/h3-4,7-8,15H,1-2,5-6,9-14H2. The van der Waals surface area contributed by atoms with Crippen molar-refractivity contribution in [2.45, 2.75) is 36.9 Å². The van der Waals surface area contributed by atoms with Gasteiger partial charge in [0, 0.05) is 31.4 Å². The van der Waals surface area contributed by atoms with Gasteiger partial charge in [-0.25, -0.2) is 4.98 Å². The summed E-state index contributed by atoms with van der Waals surface area (Å²) in [5.74, 6) is 0.956. The molecule has 2 aliphatic rings. The summed E-state index contributed by atoms with van der Waals surface area (Å²) in [5, 5.41) is 1.63. The molecule has 2 fully saturated rings. The van der Waals surface area contributed by atoms with Crippen LogP contribution in [0.25, 0.3) is 10.9 Å². The number of fused-ring (bicyclic) bond motifs is 1. The van der Waals surface area contributed by atoms with Gasteiger partial charge in [0.05, 0.1) is 24.1 Å². The number of rotatable bonds is 5. The Kier molecular flexibility index (Phi) is 5.39. The Hall–Kier alpha value is -1.37. The first-order chi connectivity index (χ1) is 12.3.